The van der Waals surface area contributed by atoms with Crippen molar-refractivity contribution in [2.24, 2.45) is 10.1 Å². The molecule has 230 valence electrons. The zero-order valence-corrected chi connectivity index (χ0v) is 25.0. The number of azide groups is 1. The van der Waals surface area contributed by atoms with E-state index in [0.29, 0.717) is 54.5 Å². The summed E-state index contributed by atoms with van der Waals surface area (Å²) in [5, 5.41) is 16.1. The van der Waals surface area contributed by atoms with Crippen molar-refractivity contribution >= 4 is 17.5 Å². The van der Waals surface area contributed by atoms with Gasteiger partial charge in [-0.05, 0) is 59.0 Å². The van der Waals surface area contributed by atoms with Gasteiger partial charge in [-0.2, -0.15) is 0 Å². The quantitative estimate of drug-likeness (QED) is 0.0757. The van der Waals surface area contributed by atoms with Crippen LogP contribution in [-0.4, -0.2) is 49.3 Å². The number of carbonyl (C=O) groups excluding carboxylic acids is 1. The highest BCUT2D eigenvalue weighted by Gasteiger charge is 2.53. The monoisotopic (exact) mass is 605 g/mol. The summed E-state index contributed by atoms with van der Waals surface area (Å²) in [6.07, 6.45) is 0.419. The van der Waals surface area contributed by atoms with E-state index in [-0.39, 0.29) is 18.9 Å². The number of ether oxygens (including phenoxy) is 3. The van der Waals surface area contributed by atoms with E-state index in [0.717, 1.165) is 16.9 Å². The van der Waals surface area contributed by atoms with E-state index in [1.807, 2.05) is 78.9 Å². The molecule has 0 radical (unpaired) electrons. The number of hydrogen-bond acceptors (Lipinski definition) is 7. The molecule has 1 aliphatic rings. The molecule has 0 aromatic heterocycles. The van der Waals surface area contributed by atoms with Crippen LogP contribution in [0.5, 0.6) is 11.5 Å². The number of nitrogens with one attached hydrogen (secondary N) is 1. The molecule has 4 aromatic rings. The normalized spacial score (nSPS) is 17.0. The van der Waals surface area contributed by atoms with Gasteiger partial charge in [0.15, 0.2) is 11.6 Å². The number of aliphatic hydroxyl groups excluding tert-OH is 1. The molecule has 10 nitrogen and oxygen atoms in total. The van der Waals surface area contributed by atoms with Gasteiger partial charge in [-0.15, -0.1) is 0 Å². The summed E-state index contributed by atoms with van der Waals surface area (Å²) in [7, 11) is 1.62. The van der Waals surface area contributed by atoms with Crippen molar-refractivity contribution in [1.29, 1.82) is 0 Å². The van der Waals surface area contributed by atoms with Crippen LogP contribution in [0.25, 0.3) is 10.4 Å². The minimum atomic E-state index is -1.44. The van der Waals surface area contributed by atoms with Crippen LogP contribution < -0.4 is 14.8 Å². The summed E-state index contributed by atoms with van der Waals surface area (Å²) in [5.41, 5.74) is 11.3. The second-order valence-electron chi connectivity index (χ2n) is 10.5. The molecule has 4 aromatic carbocycles. The standard InChI is InChI=1S/C35H35N5O5/c1-43-31-15-8-6-10-25(31)20-21-37-34(42)35(24-28-13-5-7-14-30(28)39-40-36)32(26-11-3-2-4-12-26)45-33(38-35)27-16-18-29(19-17-27)44-23-9-22-41/h2-8,10-19,32,41H,9,20-24H2,1H3,(H,37,42)/t32-,35-/m1/s1. The van der Waals surface area contributed by atoms with Gasteiger partial charge in [-0.3, -0.25) is 4.79 Å². The van der Waals surface area contributed by atoms with E-state index in [9.17, 15) is 10.3 Å². The maximum atomic E-state index is 14.5. The molecule has 1 amide bonds. The minimum Gasteiger partial charge on any atom is -0.496 e. The molecule has 2 N–H and O–H groups in total. The number of para-hydroxylation sites is 1. The highest BCUT2D eigenvalue weighted by Crippen LogP contribution is 2.43. The summed E-state index contributed by atoms with van der Waals surface area (Å²) >= 11 is 0. The molecule has 0 saturated heterocycles. The van der Waals surface area contributed by atoms with Crippen LogP contribution in [0.1, 0.15) is 34.8 Å². The molecule has 1 aliphatic heterocycles. The third-order valence-corrected chi connectivity index (χ3v) is 7.61. The maximum Gasteiger partial charge on any atom is 0.252 e. The minimum absolute atomic E-state index is 0.0510. The summed E-state index contributed by atoms with van der Waals surface area (Å²) in [5.74, 6) is 1.39. The van der Waals surface area contributed by atoms with Crippen molar-refractivity contribution in [3.8, 4) is 11.5 Å². The third-order valence-electron chi connectivity index (χ3n) is 7.61. The Morgan fingerprint density at radius 2 is 1.71 bits per heavy atom. The van der Waals surface area contributed by atoms with Crippen LogP contribution >= 0.6 is 0 Å². The Hall–Kier alpha value is -5.31. The lowest BCUT2D eigenvalue weighted by molar-refractivity contribution is -0.128. The highest BCUT2D eigenvalue weighted by molar-refractivity contribution is 6.01. The summed E-state index contributed by atoms with van der Waals surface area (Å²) < 4.78 is 17.8. The number of aliphatic hydroxyl groups is 1. The largest absolute Gasteiger partial charge is 0.496 e. The zero-order chi connectivity index (χ0) is 31.5. The topological polar surface area (TPSA) is 138 Å². The first-order chi connectivity index (χ1) is 22.1. The summed E-state index contributed by atoms with van der Waals surface area (Å²) in [6.45, 7) is 0.784. The predicted octanol–water partition coefficient (Wildman–Crippen LogP) is 6.26. The van der Waals surface area contributed by atoms with Gasteiger partial charge in [0.05, 0.1) is 13.7 Å². The Morgan fingerprint density at radius 1 is 1.00 bits per heavy atom. The summed E-state index contributed by atoms with van der Waals surface area (Å²) in [4.78, 5) is 22.5. The molecule has 0 bridgehead atoms. The fraction of sp³-hybridized carbons (Fsp3) is 0.257. The van der Waals surface area contributed by atoms with Crippen molar-refractivity contribution in [1.82, 2.24) is 5.32 Å². The van der Waals surface area contributed by atoms with Crippen molar-refractivity contribution in [3.63, 3.8) is 0 Å². The van der Waals surface area contributed by atoms with Crippen LogP contribution in [0, 0.1) is 0 Å². The smallest absolute Gasteiger partial charge is 0.252 e. The number of aliphatic imine (C=N–C) groups is 1. The van der Waals surface area contributed by atoms with Gasteiger partial charge in [0.25, 0.3) is 5.91 Å². The zero-order valence-electron chi connectivity index (χ0n) is 25.0. The fourth-order valence-electron chi connectivity index (χ4n) is 5.38. The van der Waals surface area contributed by atoms with Gasteiger partial charge < -0.3 is 24.6 Å². The Labute approximate surface area is 261 Å². The van der Waals surface area contributed by atoms with Gasteiger partial charge >= 0.3 is 0 Å². The number of nitrogens with zero attached hydrogens (tertiary/aromatic N) is 4. The van der Waals surface area contributed by atoms with E-state index >= 15 is 0 Å². The van der Waals surface area contributed by atoms with E-state index in [1.165, 1.54) is 0 Å². The lowest BCUT2D eigenvalue weighted by atomic mass is 9.81. The average molecular weight is 606 g/mol. The number of carbonyl (C=O) groups is 1. The molecule has 0 aliphatic carbocycles. The molecule has 1 heterocycles. The van der Waals surface area contributed by atoms with E-state index < -0.39 is 11.6 Å². The first-order valence-electron chi connectivity index (χ1n) is 14.8. The van der Waals surface area contributed by atoms with Gasteiger partial charge in [-0.1, -0.05) is 77.9 Å². The van der Waals surface area contributed by atoms with Crippen LogP contribution in [0.2, 0.25) is 0 Å². The number of benzene rings is 4. The molecule has 45 heavy (non-hydrogen) atoms. The lowest BCUT2D eigenvalue weighted by Crippen LogP contribution is -2.50. The number of rotatable bonds is 14. The fourth-order valence-corrected chi connectivity index (χ4v) is 5.38. The summed E-state index contributed by atoms with van der Waals surface area (Å²) in [6, 6.07) is 31.7. The molecule has 0 saturated carbocycles. The van der Waals surface area contributed by atoms with E-state index in [4.69, 9.17) is 24.3 Å². The van der Waals surface area contributed by atoms with Crippen LogP contribution in [0.3, 0.4) is 0 Å². The SMILES string of the molecule is COc1ccccc1CCNC(=O)[C@]1(Cc2ccccc2N=[N+]=[N-])N=C(c2ccc(OCCCO)cc2)O[C@@H]1c1ccccc1. The van der Waals surface area contributed by atoms with Gasteiger partial charge in [0.2, 0.25) is 5.90 Å². The van der Waals surface area contributed by atoms with Crippen LogP contribution in [-0.2, 0) is 22.4 Å². The number of methoxy groups -OCH3 is 1. The van der Waals surface area contributed by atoms with Gasteiger partial charge in [-0.25, -0.2) is 4.99 Å². The van der Waals surface area contributed by atoms with E-state index in [2.05, 4.69) is 15.3 Å². The molecule has 0 fully saturated rings. The van der Waals surface area contributed by atoms with Crippen molar-refractivity contribution in [3.05, 3.63) is 136 Å². The first-order valence-corrected chi connectivity index (χ1v) is 14.8. The highest BCUT2D eigenvalue weighted by atomic mass is 16.5. The lowest BCUT2D eigenvalue weighted by Gasteiger charge is -2.31. The second kappa shape index (κ2) is 14.9. The first kappa shape index (κ1) is 31.1. The second-order valence-corrected chi connectivity index (χ2v) is 10.5. The predicted molar refractivity (Wildman–Crippen MR) is 172 cm³/mol. The maximum absolute atomic E-state index is 14.5. The Morgan fingerprint density at radius 3 is 2.44 bits per heavy atom. The van der Waals surface area contributed by atoms with Crippen LogP contribution in [0.4, 0.5) is 5.69 Å². The Balaban J connectivity index is 1.54. The molecule has 2 atom stereocenters. The Kier molecular flexibility index (Phi) is 10.3. The van der Waals surface area contributed by atoms with Gasteiger partial charge in [0.1, 0.15) is 11.5 Å². The molecular formula is C35H35N5O5. The molecule has 10 heteroatoms. The third kappa shape index (κ3) is 7.26. The number of amides is 1. The van der Waals surface area contributed by atoms with Crippen molar-refractivity contribution in [2.75, 3.05) is 26.9 Å². The van der Waals surface area contributed by atoms with Crippen LogP contribution in [0.15, 0.2) is 113 Å². The molecule has 5 rings (SSSR count). The number of hydrogen-bond donors (Lipinski definition) is 2. The molecule has 0 spiro atoms. The van der Waals surface area contributed by atoms with Crippen molar-refractivity contribution in [2.45, 2.75) is 30.9 Å². The van der Waals surface area contributed by atoms with Crippen molar-refractivity contribution < 1.29 is 24.1 Å². The molecule has 0 unspecified atom stereocenters. The molecular weight excluding hydrogens is 570 g/mol. The van der Waals surface area contributed by atoms with Gasteiger partial charge in [0, 0.05) is 42.2 Å². The van der Waals surface area contributed by atoms with E-state index in [1.54, 1.807) is 31.4 Å². The Bertz CT molecular complexity index is 1670. The average Bonchev–Trinajstić information content (AvgIpc) is 3.47.